The van der Waals surface area contributed by atoms with Crippen LogP contribution in [0.2, 0.25) is 0 Å². The van der Waals surface area contributed by atoms with E-state index >= 15 is 0 Å². The maximum atomic E-state index is 13.6. The number of fused-ring (bicyclic) bond motifs is 1. The van der Waals surface area contributed by atoms with Crippen molar-refractivity contribution in [2.75, 3.05) is 31.1 Å². The highest BCUT2D eigenvalue weighted by Crippen LogP contribution is 2.30. The van der Waals surface area contributed by atoms with Crippen molar-refractivity contribution in [1.29, 1.82) is 0 Å². The summed E-state index contributed by atoms with van der Waals surface area (Å²) in [4.78, 5) is 26.5. The minimum absolute atomic E-state index is 0.145. The topological polar surface area (TPSA) is 67.2 Å². The molecule has 0 unspecified atom stereocenters. The Balaban J connectivity index is 1.48. The number of carbonyl (C=O) groups is 1. The number of nitrogens with zero attached hydrogens (tertiary/aromatic N) is 6. The first-order chi connectivity index (χ1) is 16.4. The number of carbonyl (C=O) groups excluding carboxylic acids is 1. The number of para-hydroxylation sites is 1. The summed E-state index contributed by atoms with van der Waals surface area (Å²) in [7, 11) is 0. The molecule has 1 fully saturated rings. The monoisotopic (exact) mass is 458 g/mol. The highest BCUT2D eigenvalue weighted by Gasteiger charge is 2.25. The van der Waals surface area contributed by atoms with Crippen LogP contribution in [0.4, 0.5) is 10.2 Å². The summed E-state index contributed by atoms with van der Waals surface area (Å²) in [5, 5.41) is 5.75. The molecule has 7 nitrogen and oxygen atoms in total. The van der Waals surface area contributed by atoms with Crippen molar-refractivity contribution in [2.24, 2.45) is 0 Å². The van der Waals surface area contributed by atoms with Crippen molar-refractivity contribution in [1.82, 2.24) is 24.6 Å². The summed E-state index contributed by atoms with van der Waals surface area (Å²) in [6, 6.07) is 14.0. The lowest BCUT2D eigenvalue weighted by molar-refractivity contribution is 0.0766. The number of aryl methyl sites for hydroxylation is 3. The molecule has 0 N–H and O–H groups in total. The van der Waals surface area contributed by atoms with Gasteiger partial charge in [0.05, 0.1) is 16.8 Å². The molecule has 0 radical (unpaired) electrons. The third-order valence-electron chi connectivity index (χ3n) is 6.29. The zero-order valence-electron chi connectivity index (χ0n) is 19.6. The molecule has 1 saturated heterocycles. The van der Waals surface area contributed by atoms with Gasteiger partial charge < -0.3 is 9.80 Å². The minimum atomic E-state index is -0.401. The molecule has 4 aromatic rings. The molecule has 34 heavy (non-hydrogen) atoms. The van der Waals surface area contributed by atoms with Gasteiger partial charge in [-0.1, -0.05) is 24.3 Å². The lowest BCUT2D eigenvalue weighted by Gasteiger charge is -2.24. The minimum Gasteiger partial charge on any atom is -0.354 e. The molecule has 2 aromatic carbocycles. The fraction of sp³-hybridized carbons (Fsp3) is 0.308. The maximum absolute atomic E-state index is 13.6. The molecule has 5 rings (SSSR count). The molecule has 2 aromatic heterocycles. The summed E-state index contributed by atoms with van der Waals surface area (Å²) in [6.07, 6.45) is 0.788. The number of amides is 1. The Bertz CT molecular complexity index is 1380. The molecule has 0 atom stereocenters. The predicted molar refractivity (Wildman–Crippen MR) is 130 cm³/mol. The number of aromatic nitrogens is 4. The molecule has 0 bridgehead atoms. The highest BCUT2D eigenvalue weighted by molar-refractivity contribution is 5.94. The summed E-state index contributed by atoms with van der Waals surface area (Å²) in [6.45, 7) is 8.47. The van der Waals surface area contributed by atoms with Crippen molar-refractivity contribution in [3.05, 3.63) is 77.0 Å². The third kappa shape index (κ3) is 4.00. The van der Waals surface area contributed by atoms with Gasteiger partial charge in [0.1, 0.15) is 17.5 Å². The van der Waals surface area contributed by atoms with Gasteiger partial charge >= 0.3 is 0 Å². The number of hydrogen-bond acceptors (Lipinski definition) is 5. The summed E-state index contributed by atoms with van der Waals surface area (Å²) in [5.74, 6) is 0.977. The Labute approximate surface area is 197 Å². The van der Waals surface area contributed by atoms with Gasteiger partial charge in [0, 0.05) is 31.7 Å². The van der Waals surface area contributed by atoms with Crippen LogP contribution in [-0.4, -0.2) is 56.7 Å². The standard InChI is InChI=1S/C26H27FN6O/c1-17-8-4-5-11-22(17)33-25-23(18(2)30-33)24(28-19(3)29-25)31-12-7-13-32(15-14-31)26(34)20-9-6-10-21(27)16-20/h4-6,8-11,16H,7,12-15H2,1-3H3. The second-order valence-corrected chi connectivity index (χ2v) is 8.72. The normalized spacial score (nSPS) is 14.5. The van der Waals surface area contributed by atoms with Gasteiger partial charge in [-0.25, -0.2) is 19.0 Å². The van der Waals surface area contributed by atoms with E-state index in [1.807, 2.05) is 36.7 Å². The van der Waals surface area contributed by atoms with Crippen LogP contribution in [0.15, 0.2) is 48.5 Å². The SMILES string of the molecule is Cc1nc(N2CCCN(C(=O)c3cccc(F)c3)CC2)c2c(C)nn(-c3ccccc3C)c2n1. The van der Waals surface area contributed by atoms with Crippen molar-refractivity contribution in [3.8, 4) is 5.69 Å². The van der Waals surface area contributed by atoms with Crippen LogP contribution in [0.1, 0.15) is 33.9 Å². The van der Waals surface area contributed by atoms with Gasteiger partial charge in [0.25, 0.3) is 5.91 Å². The lowest BCUT2D eigenvalue weighted by Crippen LogP contribution is -2.35. The average Bonchev–Trinajstić information content (AvgIpc) is 2.98. The summed E-state index contributed by atoms with van der Waals surface area (Å²) >= 11 is 0. The van der Waals surface area contributed by atoms with E-state index in [1.165, 1.54) is 12.1 Å². The van der Waals surface area contributed by atoms with Gasteiger partial charge in [-0.3, -0.25) is 4.79 Å². The van der Waals surface area contributed by atoms with E-state index in [-0.39, 0.29) is 5.91 Å². The van der Waals surface area contributed by atoms with Gasteiger partial charge in [-0.2, -0.15) is 5.10 Å². The first-order valence-electron chi connectivity index (χ1n) is 11.5. The van der Waals surface area contributed by atoms with Crippen molar-refractivity contribution < 1.29 is 9.18 Å². The van der Waals surface area contributed by atoms with Crippen LogP contribution in [0, 0.1) is 26.6 Å². The number of benzene rings is 2. The van der Waals surface area contributed by atoms with Crippen LogP contribution in [0.5, 0.6) is 0 Å². The Morgan fingerprint density at radius 1 is 0.941 bits per heavy atom. The highest BCUT2D eigenvalue weighted by atomic mass is 19.1. The molecular formula is C26H27FN6O. The molecular weight excluding hydrogens is 431 g/mol. The summed E-state index contributed by atoms with van der Waals surface area (Å²) in [5.41, 5.74) is 4.14. The van der Waals surface area contributed by atoms with E-state index in [4.69, 9.17) is 15.1 Å². The average molecular weight is 459 g/mol. The van der Waals surface area contributed by atoms with Crippen LogP contribution in [0.3, 0.4) is 0 Å². The second kappa shape index (κ2) is 8.85. The fourth-order valence-electron chi connectivity index (χ4n) is 4.60. The van der Waals surface area contributed by atoms with Crippen LogP contribution in [-0.2, 0) is 0 Å². The van der Waals surface area contributed by atoms with E-state index in [2.05, 4.69) is 17.9 Å². The Morgan fingerprint density at radius 2 is 1.76 bits per heavy atom. The Hall–Kier alpha value is -3.81. The molecule has 0 saturated carbocycles. The van der Waals surface area contributed by atoms with Gasteiger partial charge in [-0.15, -0.1) is 0 Å². The Kier molecular flexibility index (Phi) is 5.73. The van der Waals surface area contributed by atoms with E-state index in [1.54, 1.807) is 17.0 Å². The van der Waals surface area contributed by atoms with Gasteiger partial charge in [-0.05, 0) is 57.0 Å². The molecule has 174 valence electrons. The maximum Gasteiger partial charge on any atom is 0.254 e. The molecule has 1 aliphatic heterocycles. The lowest BCUT2D eigenvalue weighted by atomic mass is 10.2. The van der Waals surface area contributed by atoms with Crippen LogP contribution < -0.4 is 4.90 Å². The van der Waals surface area contributed by atoms with Crippen molar-refractivity contribution in [3.63, 3.8) is 0 Å². The molecule has 1 amide bonds. The number of rotatable bonds is 3. The van der Waals surface area contributed by atoms with Crippen molar-refractivity contribution in [2.45, 2.75) is 27.2 Å². The predicted octanol–water partition coefficient (Wildman–Crippen LogP) is 4.23. The smallest absolute Gasteiger partial charge is 0.254 e. The van der Waals surface area contributed by atoms with Crippen LogP contribution >= 0.6 is 0 Å². The molecule has 3 heterocycles. The molecule has 8 heteroatoms. The van der Waals surface area contributed by atoms with Gasteiger partial charge in [0.15, 0.2) is 5.65 Å². The number of halogens is 1. The second-order valence-electron chi connectivity index (χ2n) is 8.72. The first kappa shape index (κ1) is 22.0. The number of hydrogen-bond donors (Lipinski definition) is 0. The van der Waals surface area contributed by atoms with E-state index in [0.717, 1.165) is 46.8 Å². The molecule has 0 aliphatic carbocycles. The molecule has 0 spiro atoms. The quantitative estimate of drug-likeness (QED) is 0.460. The number of anilines is 1. The van der Waals surface area contributed by atoms with E-state index in [0.29, 0.717) is 31.0 Å². The van der Waals surface area contributed by atoms with Crippen molar-refractivity contribution >= 4 is 22.8 Å². The van der Waals surface area contributed by atoms with E-state index < -0.39 is 5.82 Å². The zero-order valence-corrected chi connectivity index (χ0v) is 19.6. The third-order valence-corrected chi connectivity index (χ3v) is 6.29. The Morgan fingerprint density at radius 3 is 2.56 bits per heavy atom. The molecule has 1 aliphatic rings. The first-order valence-corrected chi connectivity index (χ1v) is 11.5. The van der Waals surface area contributed by atoms with E-state index in [9.17, 15) is 9.18 Å². The van der Waals surface area contributed by atoms with Crippen LogP contribution in [0.25, 0.3) is 16.7 Å². The van der Waals surface area contributed by atoms with Gasteiger partial charge in [0.2, 0.25) is 0 Å². The largest absolute Gasteiger partial charge is 0.354 e. The fourth-order valence-corrected chi connectivity index (χ4v) is 4.60. The zero-order chi connectivity index (χ0) is 23.8. The summed E-state index contributed by atoms with van der Waals surface area (Å²) < 4.78 is 15.5.